The van der Waals surface area contributed by atoms with E-state index >= 15 is 0 Å². The Kier molecular flexibility index (Phi) is 34.7. The van der Waals surface area contributed by atoms with Crippen molar-refractivity contribution in [3.63, 3.8) is 0 Å². The van der Waals surface area contributed by atoms with Crippen molar-refractivity contribution in [2.75, 3.05) is 64.1 Å². The molecule has 6 N–H and O–H groups in total. The molecule has 21 heteroatoms. The van der Waals surface area contributed by atoms with Crippen LogP contribution in [0.25, 0.3) is 0 Å². The van der Waals surface area contributed by atoms with Crippen LogP contribution in [-0.4, -0.2) is 134 Å². The van der Waals surface area contributed by atoms with Crippen LogP contribution in [0.2, 0.25) is 10.0 Å². The van der Waals surface area contributed by atoms with Crippen molar-refractivity contribution < 1.29 is 134 Å². The largest absolute Gasteiger partial charge is 1.00 e. The first-order valence-corrected chi connectivity index (χ1v) is 20.7. The number of H-pyrrole nitrogens is 1. The molecule has 7 rings (SSSR count). The smallest absolute Gasteiger partial charge is 1.00 e. The van der Waals surface area contributed by atoms with Crippen molar-refractivity contribution in [2.24, 2.45) is 4.99 Å². The van der Waals surface area contributed by atoms with Gasteiger partial charge >= 0.3 is 103 Å². The fraction of sp³-hybridized carbons (Fsp3) is 0.585. The summed E-state index contributed by atoms with van der Waals surface area (Å²) in [7, 11) is 3.69. The van der Waals surface area contributed by atoms with Crippen LogP contribution in [0.15, 0.2) is 53.5 Å². The number of nitrogens with two attached hydrogens (primary N) is 1. The second-order valence-electron chi connectivity index (χ2n) is 14.9. The van der Waals surface area contributed by atoms with Crippen molar-refractivity contribution in [3.8, 4) is 6.19 Å². The van der Waals surface area contributed by atoms with Gasteiger partial charge in [0.05, 0.1) is 12.2 Å². The normalized spacial score (nSPS) is 21.6. The number of rotatable bonds is 10. The van der Waals surface area contributed by atoms with Crippen LogP contribution in [0.5, 0.6) is 0 Å². The molecule has 4 aliphatic rings. The Labute approximate surface area is 469 Å². The molecule has 4 fully saturated rings. The van der Waals surface area contributed by atoms with Gasteiger partial charge in [0.25, 0.3) is 6.47 Å². The minimum atomic E-state index is -0.181. The van der Waals surface area contributed by atoms with Gasteiger partial charge in [-0.15, -0.1) is 17.5 Å². The number of piperidine rings is 4. The van der Waals surface area contributed by atoms with E-state index < -0.39 is 0 Å². The van der Waals surface area contributed by atoms with Crippen molar-refractivity contribution in [2.45, 2.75) is 101 Å². The van der Waals surface area contributed by atoms with Crippen molar-refractivity contribution in [3.05, 3.63) is 69.7 Å². The number of methoxy groups -OCH3 is 2. The zero-order valence-corrected chi connectivity index (χ0v) is 45.2. The minimum Gasteiger partial charge on any atom is -1.00 e. The summed E-state index contributed by atoms with van der Waals surface area (Å²) in [6, 6.07) is 19.0. The molecule has 4 aliphatic heterocycles. The fourth-order valence-electron chi connectivity index (χ4n) is 8.58. The Bertz CT molecular complexity index is 1680. The number of halogens is 3. The van der Waals surface area contributed by atoms with Crippen molar-refractivity contribution in [1.29, 1.82) is 5.26 Å². The number of nitriles is 1. The topological polar surface area (TPSA) is 225 Å². The number of aromatic amines is 1. The summed E-state index contributed by atoms with van der Waals surface area (Å²) in [6.07, 6.45) is 13.6. The van der Waals surface area contributed by atoms with E-state index in [0.29, 0.717) is 42.2 Å². The third kappa shape index (κ3) is 21.1. The predicted molar refractivity (Wildman–Crippen MR) is 238 cm³/mol. The van der Waals surface area contributed by atoms with E-state index in [0.717, 1.165) is 100 Å². The molecule has 5 heterocycles. The van der Waals surface area contributed by atoms with E-state index in [2.05, 4.69) is 76.1 Å². The molecule has 0 bridgehead atoms. The number of benzene rings is 2. The summed E-state index contributed by atoms with van der Waals surface area (Å²) >= 11 is 12.1. The van der Waals surface area contributed by atoms with Gasteiger partial charge < -0.3 is 42.5 Å². The number of carbonyl (C=O) groups is 1. The van der Waals surface area contributed by atoms with E-state index in [4.69, 9.17) is 53.7 Å². The second kappa shape index (κ2) is 34.9. The number of ether oxygens (including phenoxy) is 2. The molecule has 3 aromatic rings. The maximum Gasteiger partial charge on any atom is 1.00 e. The molecule has 62 heavy (non-hydrogen) atoms. The van der Waals surface area contributed by atoms with Gasteiger partial charge in [0, 0.05) is 81.3 Å². The van der Waals surface area contributed by atoms with E-state index in [1.54, 1.807) is 0 Å². The third-order valence-electron chi connectivity index (χ3n) is 11.5. The van der Waals surface area contributed by atoms with Crippen LogP contribution in [-0.2, 0) is 32.0 Å². The van der Waals surface area contributed by atoms with Crippen LogP contribution in [0.4, 0.5) is 11.9 Å². The molecule has 1 aromatic heterocycles. The van der Waals surface area contributed by atoms with Crippen molar-refractivity contribution >= 4 is 60.7 Å². The summed E-state index contributed by atoms with van der Waals surface area (Å²) in [5.41, 5.74) is 8.39. The van der Waals surface area contributed by atoms with E-state index in [1.165, 1.54) is 36.7 Å². The number of nitrogens with zero attached hydrogens (tertiary/aromatic N) is 7. The number of anilines is 2. The average Bonchev–Trinajstić information content (AvgIpc) is 3.72. The average molecular weight is 977 g/mol. The van der Waals surface area contributed by atoms with E-state index in [1.807, 2.05) is 38.5 Å². The molecular formula is C41H63Cl3K2N10O6. The quantitative estimate of drug-likeness (QED) is 0.0509. The molecular weight excluding hydrogens is 913 g/mol. The Hall–Kier alpha value is -0.327. The maximum atomic E-state index is 8.64. The zero-order chi connectivity index (χ0) is 41.7. The molecule has 0 radical (unpaired) electrons. The second-order valence-corrected chi connectivity index (χ2v) is 15.8. The monoisotopic (exact) mass is 974 g/mol. The number of nitrogen functional groups attached to an aromatic ring is 1. The van der Waals surface area contributed by atoms with Crippen LogP contribution in [0.3, 0.4) is 0 Å². The van der Waals surface area contributed by atoms with Gasteiger partial charge in [-0.3, -0.25) is 14.6 Å². The van der Waals surface area contributed by atoms with E-state index in [-0.39, 0.29) is 129 Å². The van der Waals surface area contributed by atoms with Crippen LogP contribution >= 0.6 is 35.6 Å². The fourth-order valence-corrected chi connectivity index (χ4v) is 8.83. The molecule has 0 saturated carbocycles. The number of hydrogen-bond donors (Lipinski definition) is 3. The number of aromatic nitrogens is 3. The number of hydrogen-bond acceptors (Lipinski definition) is 14. The van der Waals surface area contributed by atoms with Gasteiger partial charge in [0.15, 0.2) is 0 Å². The number of carbonyl (C=O) groups excluding carboxylic acids is 1. The van der Waals surface area contributed by atoms with Gasteiger partial charge in [-0.1, -0.05) is 47.5 Å². The molecule has 0 amide bonds. The van der Waals surface area contributed by atoms with Crippen molar-refractivity contribution in [1.82, 2.24) is 30.3 Å². The molecule has 0 unspecified atom stereocenters. The van der Waals surface area contributed by atoms with Gasteiger partial charge in [-0.2, -0.15) is 15.2 Å². The van der Waals surface area contributed by atoms with Gasteiger partial charge in [-0.25, -0.2) is 5.10 Å². The first-order valence-electron chi connectivity index (χ1n) is 20.0. The molecule has 336 valence electrons. The summed E-state index contributed by atoms with van der Waals surface area (Å²) < 4.78 is 11.4. The van der Waals surface area contributed by atoms with Gasteiger partial charge in [0.2, 0.25) is 18.1 Å². The summed E-state index contributed by atoms with van der Waals surface area (Å²) in [4.78, 5) is 26.0. The SMILES string of the molecule is C=NC#N.CO[C@H]1CCN(C2CCN(c3n[nH]c(N)n3)CC2)[C@@H](Cc2ccc(Cl)cc2)C1.CO[C@H]1CCN(C2CCNCC2)[C@@H](Cc2ccc(Cl)cc2)C1.Cl.O.O=CO[O-].[H-].[K+].[K+]. The Balaban J connectivity index is 0. The van der Waals surface area contributed by atoms with Crippen LogP contribution in [0.1, 0.15) is 63.9 Å². The Morgan fingerprint density at radius 1 is 0.871 bits per heavy atom. The van der Waals surface area contributed by atoms with Gasteiger partial charge in [-0.05, 0) is 113 Å². The number of likely N-dealkylation sites (tertiary alicyclic amines) is 2. The maximum absolute atomic E-state index is 8.64. The Morgan fingerprint density at radius 3 is 1.65 bits per heavy atom. The predicted octanol–water partition coefficient (Wildman–Crippen LogP) is -1.83. The summed E-state index contributed by atoms with van der Waals surface area (Å²) in [5.74, 6) is 1.09. The summed E-state index contributed by atoms with van der Waals surface area (Å²) in [5, 5.41) is 27.8. The molecule has 2 aromatic carbocycles. The minimum absolute atomic E-state index is 0. The third-order valence-corrected chi connectivity index (χ3v) is 12.0. The number of aliphatic imine (C=N–C) groups is 1. The standard InChI is InChI=1S/C20H29ClN6O.C18H27ClN2O.C2H2N2.CH2O3.ClH.2K.H2O.H/c1-28-18-8-11-27(17(13-18)12-14-2-4-15(21)5-3-14)16-6-9-26(10-7-16)20-23-19(22)24-25-20;1-22-18-8-11-21(16-6-9-20-10-7-16)17(13-18)12-14-2-4-15(19)5-3-14;1-4-2-3;2-1-4-3;;;;;/h2-5,16-18H,6-13H2,1H3,(H3,22,23,24,25);2-5,16-18,20H,6-13H2,1H3;1H2;1,3H;1H;;;1H2;/q;;;;;2*+1;;-1/p-1/t2*17-,18-;;;;;;;/m00......./s1. The molecule has 4 atom stereocenters. The Morgan fingerprint density at radius 2 is 1.29 bits per heavy atom. The van der Waals surface area contributed by atoms with Crippen LogP contribution < -0.4 is 124 Å². The number of nitrogens with one attached hydrogen (secondary N) is 2. The van der Waals surface area contributed by atoms with Crippen LogP contribution in [0, 0.1) is 11.5 Å². The molecule has 0 aliphatic carbocycles. The zero-order valence-electron chi connectivity index (χ0n) is 37.6. The first-order chi connectivity index (χ1) is 28.2. The summed E-state index contributed by atoms with van der Waals surface area (Å²) in [6.45, 7) is 9.17. The molecule has 16 nitrogen and oxygen atoms in total. The van der Waals surface area contributed by atoms with Gasteiger partial charge in [0.1, 0.15) is 0 Å². The first kappa shape index (κ1) is 61.7. The molecule has 0 spiro atoms. The molecule has 4 saturated heterocycles. The van der Waals surface area contributed by atoms with E-state index in [9.17, 15) is 0 Å².